The van der Waals surface area contributed by atoms with Crippen LogP contribution in [0.15, 0.2) is 24.3 Å². The molecule has 1 aliphatic heterocycles. The summed E-state index contributed by atoms with van der Waals surface area (Å²) in [6.07, 6.45) is 0.412. The second-order valence-electron chi connectivity index (χ2n) is 3.87. The van der Waals surface area contributed by atoms with Crippen molar-refractivity contribution < 1.29 is 9.59 Å². The van der Waals surface area contributed by atoms with Crippen molar-refractivity contribution in [2.45, 2.75) is 24.5 Å². The molecule has 1 heterocycles. The summed E-state index contributed by atoms with van der Waals surface area (Å²) in [4.78, 5) is 24.4. The van der Waals surface area contributed by atoms with E-state index in [1.54, 1.807) is 0 Å². The van der Waals surface area contributed by atoms with Crippen LogP contribution in [0, 0.1) is 0 Å². The van der Waals surface area contributed by atoms with Crippen LogP contribution in [-0.4, -0.2) is 21.9 Å². The van der Waals surface area contributed by atoms with Crippen LogP contribution < -0.4 is 0 Å². The molecule has 1 aromatic rings. The van der Waals surface area contributed by atoms with E-state index in [9.17, 15) is 9.59 Å². The number of alkyl halides is 1. The van der Waals surface area contributed by atoms with E-state index in [2.05, 4.69) is 15.9 Å². The molecule has 4 heteroatoms. The number of aldehydes is 1. The van der Waals surface area contributed by atoms with Gasteiger partial charge in [-0.1, -0.05) is 40.2 Å². The van der Waals surface area contributed by atoms with Crippen molar-refractivity contribution in [1.82, 2.24) is 4.90 Å². The van der Waals surface area contributed by atoms with E-state index in [1.807, 2.05) is 36.1 Å². The zero-order valence-electron chi connectivity index (χ0n) is 8.89. The highest BCUT2D eigenvalue weighted by atomic mass is 79.9. The first-order valence-electron chi connectivity index (χ1n) is 5.11. The molecule has 2 rings (SSSR count). The van der Waals surface area contributed by atoms with E-state index in [1.165, 1.54) is 0 Å². The van der Waals surface area contributed by atoms with E-state index in [0.29, 0.717) is 12.8 Å². The normalized spacial score (nSPS) is 21.5. The summed E-state index contributed by atoms with van der Waals surface area (Å²) >= 11 is 3.46. The maximum atomic E-state index is 11.7. The molecular weight excluding hydrogens is 270 g/mol. The van der Waals surface area contributed by atoms with Crippen molar-refractivity contribution in [2.24, 2.45) is 0 Å². The van der Waals surface area contributed by atoms with Crippen LogP contribution in [0.25, 0.3) is 0 Å². The minimum absolute atomic E-state index is 0.0637. The number of rotatable bonds is 3. The van der Waals surface area contributed by atoms with E-state index in [4.69, 9.17) is 0 Å². The molecule has 0 saturated heterocycles. The quantitative estimate of drug-likeness (QED) is 0.368. The topological polar surface area (TPSA) is 37.4 Å². The van der Waals surface area contributed by atoms with Crippen LogP contribution >= 0.6 is 15.9 Å². The fraction of sp³-hybridized carbons (Fsp3) is 0.333. The summed E-state index contributed by atoms with van der Waals surface area (Å²) in [6, 6.07) is 7.32. The van der Waals surface area contributed by atoms with Gasteiger partial charge < -0.3 is 0 Å². The standard InChI is InChI=1S/C12H12BrNO2/c1-8(13)14-6-9-4-2-3-5-10(9)12(14)11(16)7-15/h2-5,7-8,12H,6H2,1H3. The molecule has 16 heavy (non-hydrogen) atoms. The molecule has 84 valence electrons. The molecule has 0 amide bonds. The summed E-state index contributed by atoms with van der Waals surface area (Å²) in [5.41, 5.74) is 2.07. The molecule has 0 saturated carbocycles. The Labute approximate surface area is 103 Å². The Bertz CT molecular complexity index is 431. The second kappa shape index (κ2) is 4.47. The fourth-order valence-corrected chi connectivity index (χ4v) is 2.51. The SMILES string of the molecule is CC(Br)N1Cc2ccccc2C1C(=O)C=O. The van der Waals surface area contributed by atoms with Gasteiger partial charge in [0.2, 0.25) is 5.78 Å². The Morgan fingerprint density at radius 1 is 1.56 bits per heavy atom. The summed E-state index contributed by atoms with van der Waals surface area (Å²) in [6.45, 7) is 2.66. The number of Topliss-reactive ketones (excluding diaryl/α,β-unsaturated/α-hetero) is 1. The molecule has 0 fully saturated rings. The fourth-order valence-electron chi connectivity index (χ4n) is 2.12. The van der Waals surface area contributed by atoms with Crippen molar-refractivity contribution in [3.63, 3.8) is 0 Å². The first kappa shape index (κ1) is 11.5. The Hall–Kier alpha value is -1.00. The van der Waals surface area contributed by atoms with E-state index in [-0.39, 0.29) is 10.7 Å². The summed E-state index contributed by atoms with van der Waals surface area (Å²) < 4.78 is 0. The van der Waals surface area contributed by atoms with Gasteiger partial charge in [0, 0.05) is 6.54 Å². The minimum Gasteiger partial charge on any atom is -0.295 e. The lowest BCUT2D eigenvalue weighted by molar-refractivity contribution is -0.133. The number of ketones is 1. The second-order valence-corrected chi connectivity index (χ2v) is 5.19. The van der Waals surface area contributed by atoms with Gasteiger partial charge in [0.25, 0.3) is 0 Å². The predicted octanol–water partition coefficient (Wildman–Crippen LogP) is 2.05. The highest BCUT2D eigenvalue weighted by Gasteiger charge is 2.36. The van der Waals surface area contributed by atoms with E-state index < -0.39 is 6.04 Å². The van der Waals surface area contributed by atoms with Gasteiger partial charge in [-0.15, -0.1) is 0 Å². The summed E-state index contributed by atoms with van der Waals surface area (Å²) in [5, 5.41) is 0. The van der Waals surface area contributed by atoms with Crippen molar-refractivity contribution in [2.75, 3.05) is 0 Å². The highest BCUT2D eigenvalue weighted by molar-refractivity contribution is 9.09. The molecule has 2 atom stereocenters. The lowest BCUT2D eigenvalue weighted by Crippen LogP contribution is -2.32. The Morgan fingerprint density at radius 3 is 2.88 bits per heavy atom. The van der Waals surface area contributed by atoms with Crippen molar-refractivity contribution in [3.05, 3.63) is 35.4 Å². The van der Waals surface area contributed by atoms with Crippen LogP contribution in [0.2, 0.25) is 0 Å². The molecule has 2 unspecified atom stereocenters. The van der Waals surface area contributed by atoms with Crippen LogP contribution in [0.5, 0.6) is 0 Å². The molecule has 0 radical (unpaired) electrons. The molecule has 1 aromatic carbocycles. The first-order chi connectivity index (χ1) is 7.65. The zero-order valence-corrected chi connectivity index (χ0v) is 10.5. The predicted molar refractivity (Wildman–Crippen MR) is 64.2 cm³/mol. The number of halogens is 1. The molecular formula is C12H12BrNO2. The van der Waals surface area contributed by atoms with Crippen LogP contribution in [0.4, 0.5) is 0 Å². The Morgan fingerprint density at radius 2 is 2.25 bits per heavy atom. The van der Waals surface area contributed by atoms with E-state index in [0.717, 1.165) is 11.1 Å². The molecule has 0 N–H and O–H groups in total. The van der Waals surface area contributed by atoms with Gasteiger partial charge in [-0.3, -0.25) is 14.5 Å². The molecule has 3 nitrogen and oxygen atoms in total. The first-order valence-corrected chi connectivity index (χ1v) is 6.03. The minimum atomic E-state index is -0.428. The smallest absolute Gasteiger partial charge is 0.216 e. The van der Waals surface area contributed by atoms with Crippen LogP contribution in [-0.2, 0) is 16.1 Å². The number of nitrogens with zero attached hydrogens (tertiary/aromatic N) is 1. The molecule has 0 aromatic heterocycles. The Kier molecular flexibility index (Phi) is 3.21. The third kappa shape index (κ3) is 1.83. The van der Waals surface area contributed by atoms with Crippen molar-refractivity contribution in [1.29, 1.82) is 0 Å². The number of hydrogen-bond donors (Lipinski definition) is 0. The van der Waals surface area contributed by atoms with Gasteiger partial charge in [-0.25, -0.2) is 0 Å². The molecule has 0 bridgehead atoms. The third-order valence-electron chi connectivity index (χ3n) is 2.88. The maximum Gasteiger partial charge on any atom is 0.216 e. The third-order valence-corrected chi connectivity index (χ3v) is 3.40. The molecule has 1 aliphatic rings. The summed E-state index contributed by atoms with van der Waals surface area (Å²) in [7, 11) is 0. The Balaban J connectivity index is 2.43. The van der Waals surface area contributed by atoms with Gasteiger partial charge in [-0.2, -0.15) is 0 Å². The molecule has 0 spiro atoms. The average molecular weight is 282 g/mol. The van der Waals surface area contributed by atoms with Gasteiger partial charge in [0.05, 0.1) is 4.95 Å². The number of carbonyl (C=O) groups is 2. The van der Waals surface area contributed by atoms with Crippen molar-refractivity contribution >= 4 is 28.0 Å². The number of fused-ring (bicyclic) bond motifs is 1. The monoisotopic (exact) mass is 281 g/mol. The van der Waals surface area contributed by atoms with Crippen LogP contribution in [0.1, 0.15) is 24.1 Å². The lowest BCUT2D eigenvalue weighted by atomic mass is 10.0. The zero-order chi connectivity index (χ0) is 11.7. The number of carbonyl (C=O) groups excluding carboxylic acids is 2. The molecule has 0 aliphatic carbocycles. The van der Waals surface area contributed by atoms with Gasteiger partial charge in [0.15, 0.2) is 6.29 Å². The van der Waals surface area contributed by atoms with Crippen LogP contribution in [0.3, 0.4) is 0 Å². The number of hydrogen-bond acceptors (Lipinski definition) is 3. The lowest BCUT2D eigenvalue weighted by Gasteiger charge is -2.24. The highest BCUT2D eigenvalue weighted by Crippen LogP contribution is 2.36. The van der Waals surface area contributed by atoms with Gasteiger partial charge in [-0.05, 0) is 18.1 Å². The number of benzene rings is 1. The summed E-state index contributed by atoms with van der Waals surface area (Å²) in [5.74, 6) is -0.378. The van der Waals surface area contributed by atoms with Gasteiger partial charge in [0.1, 0.15) is 6.04 Å². The largest absolute Gasteiger partial charge is 0.295 e. The average Bonchev–Trinajstić information content (AvgIpc) is 2.67. The van der Waals surface area contributed by atoms with Gasteiger partial charge >= 0.3 is 0 Å². The van der Waals surface area contributed by atoms with Crippen molar-refractivity contribution in [3.8, 4) is 0 Å². The maximum absolute atomic E-state index is 11.7. The van der Waals surface area contributed by atoms with E-state index >= 15 is 0 Å².